The monoisotopic (exact) mass is 473 g/mol. The number of rotatable bonds is 27. The SMILES string of the molecule is CCCCCCCCCCCCN(CCCCCCCCCCCC)C(CCCC)C(=O)[O-].[Li+]. The Morgan fingerprint density at radius 2 is 0.824 bits per heavy atom. The van der Waals surface area contributed by atoms with Crippen LogP contribution in [0.1, 0.15) is 168 Å². The summed E-state index contributed by atoms with van der Waals surface area (Å²) in [5.41, 5.74) is 0. The number of carbonyl (C=O) groups is 1. The van der Waals surface area contributed by atoms with Crippen molar-refractivity contribution in [3.05, 3.63) is 0 Å². The molecule has 0 amide bonds. The fourth-order valence-corrected chi connectivity index (χ4v) is 4.88. The predicted molar refractivity (Wildman–Crippen MR) is 144 cm³/mol. The van der Waals surface area contributed by atoms with Crippen LogP contribution in [0.4, 0.5) is 0 Å². The number of aliphatic carboxylic acids is 1. The maximum absolute atomic E-state index is 11.9. The van der Waals surface area contributed by atoms with Crippen LogP contribution in [0.15, 0.2) is 0 Å². The molecule has 0 aromatic heterocycles. The van der Waals surface area contributed by atoms with Gasteiger partial charge in [0.2, 0.25) is 0 Å². The first-order valence-corrected chi connectivity index (χ1v) is 15.1. The van der Waals surface area contributed by atoms with Gasteiger partial charge in [0.1, 0.15) is 0 Å². The van der Waals surface area contributed by atoms with Crippen molar-refractivity contribution in [1.29, 1.82) is 0 Å². The summed E-state index contributed by atoms with van der Waals surface area (Å²) in [6.45, 7) is 8.54. The summed E-state index contributed by atoms with van der Waals surface area (Å²) >= 11 is 0. The van der Waals surface area contributed by atoms with Crippen molar-refractivity contribution in [2.24, 2.45) is 0 Å². The van der Waals surface area contributed by atoms with Crippen molar-refractivity contribution in [3.63, 3.8) is 0 Å². The number of hydrogen-bond donors (Lipinski definition) is 0. The van der Waals surface area contributed by atoms with Crippen molar-refractivity contribution in [2.45, 2.75) is 174 Å². The Kier molecular flexibility index (Phi) is 31.1. The third-order valence-electron chi connectivity index (χ3n) is 7.14. The fraction of sp³-hybridized carbons (Fsp3) is 0.967. The van der Waals surface area contributed by atoms with Gasteiger partial charge in [-0.05, 0) is 32.4 Å². The predicted octanol–water partition coefficient (Wildman–Crippen LogP) is 5.44. The summed E-state index contributed by atoms with van der Waals surface area (Å²) in [4.78, 5) is 14.1. The molecule has 0 saturated heterocycles. The summed E-state index contributed by atoms with van der Waals surface area (Å²) in [7, 11) is 0. The second-order valence-corrected chi connectivity index (χ2v) is 10.4. The molecule has 0 aromatic carbocycles. The van der Waals surface area contributed by atoms with Gasteiger partial charge in [-0.3, -0.25) is 4.90 Å². The van der Waals surface area contributed by atoms with Crippen LogP contribution in [0.25, 0.3) is 0 Å². The van der Waals surface area contributed by atoms with Crippen LogP contribution in [0, 0.1) is 0 Å². The summed E-state index contributed by atoms with van der Waals surface area (Å²) in [6.07, 6.45) is 29.2. The molecule has 0 aromatic rings. The van der Waals surface area contributed by atoms with Gasteiger partial charge in [0.05, 0.1) is 5.97 Å². The van der Waals surface area contributed by atoms with Gasteiger partial charge in [0.15, 0.2) is 0 Å². The number of unbranched alkanes of at least 4 members (excludes halogenated alkanes) is 19. The van der Waals surface area contributed by atoms with E-state index in [1.807, 2.05) is 0 Å². The molecule has 0 N–H and O–H groups in total. The van der Waals surface area contributed by atoms with E-state index in [0.29, 0.717) is 0 Å². The van der Waals surface area contributed by atoms with E-state index >= 15 is 0 Å². The molecule has 4 heteroatoms. The molecule has 0 aliphatic heterocycles. The van der Waals surface area contributed by atoms with Gasteiger partial charge in [-0.2, -0.15) is 0 Å². The molecule has 0 rings (SSSR count). The van der Waals surface area contributed by atoms with Gasteiger partial charge >= 0.3 is 18.9 Å². The minimum atomic E-state index is -0.859. The molecule has 198 valence electrons. The number of carbonyl (C=O) groups excluding carboxylic acids is 1. The average Bonchev–Trinajstić information content (AvgIpc) is 2.80. The van der Waals surface area contributed by atoms with Crippen LogP contribution in [-0.2, 0) is 4.79 Å². The largest absolute Gasteiger partial charge is 1.00 e. The molecule has 0 bridgehead atoms. The standard InChI is InChI=1S/C30H61NO2.Li/c1-4-7-10-12-14-16-18-20-22-24-27-31(29(30(32)33)26-9-6-3)28-25-23-21-19-17-15-13-11-8-5-2;/h29H,4-28H2,1-3H3,(H,32,33);/q;+1/p-1. The zero-order chi connectivity index (χ0) is 24.4. The van der Waals surface area contributed by atoms with E-state index < -0.39 is 5.97 Å². The van der Waals surface area contributed by atoms with Crippen molar-refractivity contribution >= 4 is 5.97 Å². The van der Waals surface area contributed by atoms with E-state index in [2.05, 4.69) is 25.7 Å². The maximum atomic E-state index is 11.9. The molecule has 1 atom stereocenters. The third kappa shape index (κ3) is 23.8. The molecule has 0 radical (unpaired) electrons. The Bertz CT molecular complexity index is 381. The molecule has 1 unspecified atom stereocenters. The third-order valence-corrected chi connectivity index (χ3v) is 7.14. The second-order valence-electron chi connectivity index (χ2n) is 10.4. The number of nitrogens with zero attached hydrogens (tertiary/aromatic N) is 1. The maximum Gasteiger partial charge on any atom is 1.00 e. The molecule has 34 heavy (non-hydrogen) atoms. The van der Waals surface area contributed by atoms with E-state index in [4.69, 9.17) is 0 Å². The van der Waals surface area contributed by atoms with Crippen LogP contribution in [0.2, 0.25) is 0 Å². The minimum absolute atomic E-state index is 0. The van der Waals surface area contributed by atoms with Crippen LogP contribution >= 0.6 is 0 Å². The topological polar surface area (TPSA) is 43.4 Å². The van der Waals surface area contributed by atoms with Crippen LogP contribution in [0.3, 0.4) is 0 Å². The average molecular weight is 474 g/mol. The van der Waals surface area contributed by atoms with Crippen molar-refractivity contribution in [2.75, 3.05) is 13.1 Å². The smallest absolute Gasteiger partial charge is 0.548 e. The van der Waals surface area contributed by atoms with E-state index in [0.717, 1.165) is 45.2 Å². The van der Waals surface area contributed by atoms with Gasteiger partial charge in [-0.1, -0.05) is 149 Å². The molecule has 0 saturated carbocycles. The van der Waals surface area contributed by atoms with Crippen molar-refractivity contribution in [1.82, 2.24) is 4.90 Å². The van der Waals surface area contributed by atoms with Crippen LogP contribution in [0.5, 0.6) is 0 Å². The van der Waals surface area contributed by atoms with Crippen LogP contribution in [-0.4, -0.2) is 30.0 Å². The number of carboxylic acids is 1. The first-order valence-electron chi connectivity index (χ1n) is 15.1. The van der Waals surface area contributed by atoms with Gasteiger partial charge in [-0.15, -0.1) is 0 Å². The van der Waals surface area contributed by atoms with Gasteiger partial charge in [-0.25, -0.2) is 0 Å². The van der Waals surface area contributed by atoms with E-state index in [-0.39, 0.29) is 24.9 Å². The molecule has 0 aliphatic carbocycles. The first-order chi connectivity index (χ1) is 16.2. The van der Waals surface area contributed by atoms with Crippen molar-refractivity contribution in [3.8, 4) is 0 Å². The summed E-state index contributed by atoms with van der Waals surface area (Å²) in [5.74, 6) is -0.859. The molecule has 3 nitrogen and oxygen atoms in total. The Labute approximate surface area is 226 Å². The molecular formula is C30H60LiNO2. The summed E-state index contributed by atoms with van der Waals surface area (Å²) < 4.78 is 0. The quantitative estimate of drug-likeness (QED) is 0.118. The molecule has 0 fully saturated rings. The van der Waals surface area contributed by atoms with Crippen LogP contribution < -0.4 is 24.0 Å². The van der Waals surface area contributed by atoms with E-state index in [1.165, 1.54) is 116 Å². The van der Waals surface area contributed by atoms with E-state index in [1.54, 1.807) is 0 Å². The normalized spacial score (nSPS) is 12.1. The molecule has 0 heterocycles. The minimum Gasteiger partial charge on any atom is -0.548 e. The zero-order valence-electron chi connectivity index (χ0n) is 24.0. The first kappa shape index (κ1) is 36.2. The Balaban J connectivity index is 0. The Morgan fingerprint density at radius 1 is 0.529 bits per heavy atom. The Hall–Kier alpha value is 0.0274. The fourth-order valence-electron chi connectivity index (χ4n) is 4.88. The summed E-state index contributed by atoms with van der Waals surface area (Å²) in [5, 5.41) is 11.9. The molecule has 0 spiro atoms. The number of hydrogen-bond acceptors (Lipinski definition) is 3. The number of carboxylic acid groups (broad SMARTS) is 1. The Morgan fingerprint density at radius 3 is 1.12 bits per heavy atom. The van der Waals surface area contributed by atoms with Gasteiger partial charge in [0, 0.05) is 6.04 Å². The second kappa shape index (κ2) is 29.3. The molecule has 0 aliphatic rings. The molecular weight excluding hydrogens is 413 g/mol. The van der Waals surface area contributed by atoms with Gasteiger partial charge in [0.25, 0.3) is 0 Å². The zero-order valence-corrected chi connectivity index (χ0v) is 24.0. The van der Waals surface area contributed by atoms with Gasteiger partial charge < -0.3 is 9.90 Å². The summed E-state index contributed by atoms with van der Waals surface area (Å²) in [6, 6.07) is -0.387. The van der Waals surface area contributed by atoms with E-state index in [9.17, 15) is 9.90 Å². The van der Waals surface area contributed by atoms with Crippen molar-refractivity contribution < 1.29 is 28.8 Å².